The van der Waals surface area contributed by atoms with E-state index in [1.54, 1.807) is 73.6 Å². The molecule has 3 heterocycles. The molecule has 2 N–H and O–H groups in total. The molecule has 0 radical (unpaired) electrons. The third-order valence-electron chi connectivity index (χ3n) is 14.3. The Morgan fingerprint density at radius 3 is 1.96 bits per heavy atom. The number of nitrogens with one attached hydrogen (secondary N) is 2. The van der Waals surface area contributed by atoms with E-state index in [-0.39, 0.29) is 35.7 Å². The van der Waals surface area contributed by atoms with Crippen LogP contribution in [-0.2, 0) is 44.4 Å². The summed E-state index contributed by atoms with van der Waals surface area (Å²) in [4.78, 5) is 68.0. The Hall–Kier alpha value is -5.83. The summed E-state index contributed by atoms with van der Waals surface area (Å²) in [6, 6.07) is 24.2. The minimum Gasteiger partial charge on any atom is -0.382 e. The van der Waals surface area contributed by atoms with Crippen LogP contribution in [0.3, 0.4) is 0 Å². The van der Waals surface area contributed by atoms with Crippen LogP contribution in [0.15, 0.2) is 85.1 Å². The summed E-state index contributed by atoms with van der Waals surface area (Å²) in [6.45, 7) is 10.3. The number of carbonyl (C=O) groups excluding carboxylic acids is 4. The van der Waals surface area contributed by atoms with Crippen LogP contribution in [0.5, 0.6) is 0 Å². The molecule has 1 aromatic heterocycles. The van der Waals surface area contributed by atoms with Crippen molar-refractivity contribution in [3.8, 4) is 11.3 Å². The summed E-state index contributed by atoms with van der Waals surface area (Å²) in [5.41, 5.74) is 6.45. The number of benzene rings is 3. The molecule has 2 fully saturated rings. The molecule has 77 heavy (non-hydrogen) atoms. The first kappa shape index (κ1) is 58.8. The van der Waals surface area contributed by atoms with Gasteiger partial charge in [0, 0.05) is 88.1 Å². The number of rotatable bonds is 32. The zero-order chi connectivity index (χ0) is 54.0. The van der Waals surface area contributed by atoms with Gasteiger partial charge < -0.3 is 58.5 Å². The van der Waals surface area contributed by atoms with Gasteiger partial charge in [-0.2, -0.15) is 0 Å². The zero-order valence-electron chi connectivity index (χ0n) is 45.6. The van der Waals surface area contributed by atoms with Crippen LogP contribution in [-0.4, -0.2) is 196 Å². The van der Waals surface area contributed by atoms with Crippen LogP contribution in [0.25, 0.3) is 11.3 Å². The second kappa shape index (κ2) is 32.2. The highest BCUT2D eigenvalue weighted by molar-refractivity contribution is 6.08. The van der Waals surface area contributed by atoms with Crippen molar-refractivity contribution >= 4 is 35.0 Å². The number of hydrogen-bond acceptors (Lipinski definition) is 14. The van der Waals surface area contributed by atoms with Gasteiger partial charge in [-0.15, -0.1) is 0 Å². The minimum atomic E-state index is -0.380. The summed E-state index contributed by atoms with van der Waals surface area (Å²) >= 11 is 0. The number of amides is 4. The number of hydrogen-bond donors (Lipinski definition) is 2. The van der Waals surface area contributed by atoms with Crippen molar-refractivity contribution in [2.75, 3.05) is 157 Å². The first-order valence-electron chi connectivity index (χ1n) is 27.6. The van der Waals surface area contributed by atoms with Crippen molar-refractivity contribution in [3.05, 3.63) is 113 Å². The standard InChI is InChI=1S/C59H81N7O11/c1-63(26-27-66-25-11-18-55(66)59(70)64(2)28-29-72-32-33-74-36-37-76-40-41-77-39-38-75-35-34-73-31-30-71-3)58(69)48-15-9-14-46(42-48)56(67)62-53-20-19-49(65-23-7-4-8-24-65)44-51(53)54-43-47(21-22-60-54)57(68)61-52-17-10-13-45-12-5-6-16-50(45)52/h5-6,9,12,14-16,19-22,42-44,52,55H,4,7-8,10-11,13,17-18,23-41H2,1-3H3,(H,61,68)(H,62,67). The van der Waals surface area contributed by atoms with Crippen LogP contribution in [0.4, 0.5) is 11.4 Å². The zero-order valence-corrected chi connectivity index (χ0v) is 45.6. The van der Waals surface area contributed by atoms with E-state index in [2.05, 4.69) is 32.6 Å². The summed E-state index contributed by atoms with van der Waals surface area (Å²) in [6.07, 6.45) is 9.56. The van der Waals surface area contributed by atoms with Crippen LogP contribution in [0.1, 0.15) is 93.2 Å². The number of piperidine rings is 1. The predicted octanol–water partition coefficient (Wildman–Crippen LogP) is 6.54. The monoisotopic (exact) mass is 1060 g/mol. The van der Waals surface area contributed by atoms with Crippen LogP contribution in [0, 0.1) is 0 Å². The Morgan fingerprint density at radius 2 is 1.26 bits per heavy atom. The Kier molecular flexibility index (Phi) is 24.6. The number of ether oxygens (including phenoxy) is 7. The number of methoxy groups -OCH3 is 1. The van der Waals surface area contributed by atoms with Crippen molar-refractivity contribution in [2.24, 2.45) is 0 Å². The van der Waals surface area contributed by atoms with Gasteiger partial charge in [0.05, 0.1) is 109 Å². The lowest BCUT2D eigenvalue weighted by Gasteiger charge is -2.29. The molecule has 3 aromatic carbocycles. The Labute approximate surface area is 455 Å². The molecule has 18 heteroatoms. The van der Waals surface area contributed by atoms with E-state index in [9.17, 15) is 19.2 Å². The molecule has 7 rings (SSSR count). The highest BCUT2D eigenvalue weighted by Gasteiger charge is 2.33. The van der Waals surface area contributed by atoms with Crippen molar-refractivity contribution in [1.82, 2.24) is 25.0 Å². The van der Waals surface area contributed by atoms with Gasteiger partial charge in [-0.1, -0.05) is 30.3 Å². The van der Waals surface area contributed by atoms with Gasteiger partial charge in [-0.05, 0) is 118 Å². The summed E-state index contributed by atoms with van der Waals surface area (Å²) in [5.74, 6) is -0.750. The van der Waals surface area contributed by atoms with E-state index < -0.39 is 0 Å². The quantitative estimate of drug-likeness (QED) is 0.0503. The molecule has 2 saturated heterocycles. The number of fused-ring (bicyclic) bond motifs is 1. The Morgan fingerprint density at radius 1 is 0.610 bits per heavy atom. The maximum Gasteiger partial charge on any atom is 0.255 e. The molecule has 0 saturated carbocycles. The molecular formula is C59H81N7O11. The van der Waals surface area contributed by atoms with Crippen LogP contribution >= 0.6 is 0 Å². The fourth-order valence-electron chi connectivity index (χ4n) is 9.94. The molecule has 18 nitrogen and oxygen atoms in total. The molecule has 1 aliphatic carbocycles. The highest BCUT2D eigenvalue weighted by atomic mass is 16.6. The molecule has 2 atom stereocenters. The normalized spacial score (nSPS) is 16.5. The first-order chi connectivity index (χ1) is 37.7. The number of likely N-dealkylation sites (tertiary alicyclic amines) is 1. The maximum atomic E-state index is 14.1. The largest absolute Gasteiger partial charge is 0.382 e. The molecule has 4 amide bonds. The fourth-order valence-corrected chi connectivity index (χ4v) is 9.94. The third-order valence-corrected chi connectivity index (χ3v) is 14.3. The van der Waals surface area contributed by atoms with Crippen LogP contribution in [0.2, 0.25) is 0 Å². The van der Waals surface area contributed by atoms with Gasteiger partial charge in [-0.3, -0.25) is 29.1 Å². The minimum absolute atomic E-state index is 0.0337. The summed E-state index contributed by atoms with van der Waals surface area (Å²) in [7, 11) is 5.18. The lowest BCUT2D eigenvalue weighted by Crippen LogP contribution is -2.47. The molecule has 2 aliphatic heterocycles. The third kappa shape index (κ3) is 18.4. The molecule has 0 bridgehead atoms. The smallest absolute Gasteiger partial charge is 0.255 e. The maximum absolute atomic E-state index is 14.1. The predicted molar refractivity (Wildman–Crippen MR) is 296 cm³/mol. The van der Waals surface area contributed by atoms with E-state index in [1.165, 1.54) is 12.0 Å². The Balaban J connectivity index is 0.838. The number of aryl methyl sites for hydroxylation is 1. The number of aromatic nitrogens is 1. The summed E-state index contributed by atoms with van der Waals surface area (Å²) in [5, 5.41) is 6.38. The fraction of sp³-hybridized carbons (Fsp3) is 0.542. The molecule has 4 aromatic rings. The van der Waals surface area contributed by atoms with Gasteiger partial charge in [0.15, 0.2) is 0 Å². The second-order valence-corrected chi connectivity index (χ2v) is 19.7. The van der Waals surface area contributed by atoms with Gasteiger partial charge >= 0.3 is 0 Å². The van der Waals surface area contributed by atoms with Crippen molar-refractivity contribution in [3.63, 3.8) is 0 Å². The van der Waals surface area contributed by atoms with Crippen molar-refractivity contribution < 1.29 is 52.3 Å². The van der Waals surface area contributed by atoms with Crippen molar-refractivity contribution in [1.29, 1.82) is 0 Å². The topological polar surface area (TPSA) is 183 Å². The van der Waals surface area contributed by atoms with Gasteiger partial charge in [0.25, 0.3) is 17.7 Å². The molecule has 3 aliphatic rings. The summed E-state index contributed by atoms with van der Waals surface area (Å²) < 4.78 is 38.1. The molecule has 0 spiro atoms. The number of carbonyl (C=O) groups is 4. The van der Waals surface area contributed by atoms with Crippen molar-refractivity contribution in [2.45, 2.75) is 63.5 Å². The number of anilines is 2. The van der Waals surface area contributed by atoms with Gasteiger partial charge in [0.2, 0.25) is 5.91 Å². The van der Waals surface area contributed by atoms with E-state index in [0.717, 1.165) is 75.8 Å². The Bertz CT molecular complexity index is 2470. The molecule has 2 unspecified atom stereocenters. The average Bonchev–Trinajstić information content (AvgIpc) is 3.95. The van der Waals surface area contributed by atoms with E-state index in [0.29, 0.717) is 139 Å². The van der Waals surface area contributed by atoms with E-state index in [1.807, 2.05) is 30.3 Å². The van der Waals surface area contributed by atoms with Gasteiger partial charge in [-0.25, -0.2) is 0 Å². The highest BCUT2D eigenvalue weighted by Crippen LogP contribution is 2.34. The van der Waals surface area contributed by atoms with E-state index >= 15 is 0 Å². The number of nitrogens with zero attached hydrogens (tertiary/aromatic N) is 5. The van der Waals surface area contributed by atoms with Gasteiger partial charge in [0.1, 0.15) is 0 Å². The van der Waals surface area contributed by atoms with Crippen LogP contribution < -0.4 is 15.5 Å². The molecular weight excluding hydrogens is 983 g/mol. The molecule has 418 valence electrons. The average molecular weight is 1060 g/mol. The number of pyridine rings is 1. The number of likely N-dealkylation sites (N-methyl/N-ethyl adjacent to an activating group) is 2. The SMILES string of the molecule is COCCOCCOCCOCCOCCOCCOCCN(C)C(=O)C1CCCN1CCN(C)C(=O)c1cccc(C(=O)Nc2ccc(N3CCCCC3)cc2-c2cc(C(=O)NC3CCCc4ccccc43)ccn2)c1. The second-order valence-electron chi connectivity index (χ2n) is 19.7. The lowest BCUT2D eigenvalue weighted by atomic mass is 9.87. The van der Waals surface area contributed by atoms with E-state index in [4.69, 9.17) is 38.1 Å². The lowest BCUT2D eigenvalue weighted by molar-refractivity contribution is -0.135. The first-order valence-corrected chi connectivity index (χ1v) is 27.6.